The first-order chi connectivity index (χ1) is 7.61. The zero-order chi connectivity index (χ0) is 11.7. The molecule has 0 radical (unpaired) electrons. The number of nitriles is 1. The highest BCUT2D eigenvalue weighted by atomic mass is 16.4. The van der Waals surface area contributed by atoms with Gasteiger partial charge in [0.1, 0.15) is 11.6 Å². The average Bonchev–Trinajstić information content (AvgIpc) is 2.27. The highest BCUT2D eigenvalue weighted by Crippen LogP contribution is 2.18. The fraction of sp³-hybridized carbons (Fsp3) is 0.182. The Hall–Kier alpha value is -2.35. The van der Waals surface area contributed by atoms with Crippen LogP contribution in [0.4, 0.5) is 5.69 Å². The Labute approximate surface area is 91.5 Å². The van der Waals surface area contributed by atoms with Crippen LogP contribution in [0.25, 0.3) is 11.1 Å². The van der Waals surface area contributed by atoms with Crippen LogP contribution in [0.2, 0.25) is 0 Å². The predicted octanol–water partition coefficient (Wildman–Crippen LogP) is 1.13. The minimum Gasteiger partial charge on any atom is -0.419 e. The van der Waals surface area contributed by atoms with Gasteiger partial charge in [0.05, 0.1) is 0 Å². The van der Waals surface area contributed by atoms with E-state index in [0.717, 1.165) is 5.69 Å². The molecule has 0 unspecified atom stereocenters. The molecule has 5 heteroatoms. The van der Waals surface area contributed by atoms with E-state index in [2.05, 4.69) is 4.98 Å². The molecule has 0 bridgehead atoms. The Morgan fingerprint density at radius 2 is 2.19 bits per heavy atom. The first-order valence-electron chi connectivity index (χ1n) is 4.64. The summed E-state index contributed by atoms with van der Waals surface area (Å²) in [4.78, 5) is 17.1. The second-order valence-electron chi connectivity index (χ2n) is 3.51. The van der Waals surface area contributed by atoms with Gasteiger partial charge in [-0.15, -0.1) is 0 Å². The Bertz CT molecular complexity index is 638. The van der Waals surface area contributed by atoms with Crippen LogP contribution in [0.1, 0.15) is 5.69 Å². The molecule has 0 amide bonds. The number of hydrogen-bond acceptors (Lipinski definition) is 5. The average molecular weight is 215 g/mol. The van der Waals surface area contributed by atoms with Gasteiger partial charge < -0.3 is 9.32 Å². The van der Waals surface area contributed by atoms with Gasteiger partial charge in [0, 0.05) is 25.8 Å². The maximum absolute atomic E-state index is 11.3. The lowest BCUT2D eigenvalue weighted by atomic mass is 10.2. The monoisotopic (exact) mass is 215 g/mol. The normalized spacial score (nSPS) is 10.1. The maximum Gasteiger partial charge on any atom is 0.373 e. The molecule has 0 atom stereocenters. The van der Waals surface area contributed by atoms with Crippen LogP contribution >= 0.6 is 0 Å². The van der Waals surface area contributed by atoms with Gasteiger partial charge in [-0.25, -0.2) is 9.78 Å². The standard InChI is InChI=1S/C11H9N3O2/c1-14(2)7-3-4-8-10(5-7)16-11(15)9(6-12)13-8/h3-5H,1-2H3. The minimum absolute atomic E-state index is 0.217. The van der Waals surface area contributed by atoms with E-state index in [9.17, 15) is 4.79 Å². The van der Waals surface area contributed by atoms with Crippen LogP contribution in [0.15, 0.2) is 27.4 Å². The van der Waals surface area contributed by atoms with E-state index < -0.39 is 5.63 Å². The van der Waals surface area contributed by atoms with Crippen molar-refractivity contribution in [1.29, 1.82) is 5.26 Å². The van der Waals surface area contributed by atoms with Crippen molar-refractivity contribution in [1.82, 2.24) is 4.98 Å². The second kappa shape index (κ2) is 3.66. The number of nitrogens with zero attached hydrogens (tertiary/aromatic N) is 3. The lowest BCUT2D eigenvalue weighted by Crippen LogP contribution is -2.10. The van der Waals surface area contributed by atoms with Crippen molar-refractivity contribution in [3.8, 4) is 6.07 Å². The molecule has 0 N–H and O–H groups in total. The van der Waals surface area contributed by atoms with Crippen molar-refractivity contribution in [3.05, 3.63) is 34.3 Å². The molecule has 16 heavy (non-hydrogen) atoms. The number of benzene rings is 1. The zero-order valence-electron chi connectivity index (χ0n) is 8.89. The molecule has 0 fully saturated rings. The van der Waals surface area contributed by atoms with Crippen molar-refractivity contribution in [3.63, 3.8) is 0 Å². The second-order valence-corrected chi connectivity index (χ2v) is 3.51. The third-order valence-corrected chi connectivity index (χ3v) is 2.19. The number of hydrogen-bond donors (Lipinski definition) is 0. The van der Waals surface area contributed by atoms with Gasteiger partial charge >= 0.3 is 5.63 Å². The van der Waals surface area contributed by atoms with Gasteiger partial charge in [0.15, 0.2) is 5.58 Å². The lowest BCUT2D eigenvalue weighted by molar-refractivity contribution is 0.551. The van der Waals surface area contributed by atoms with Gasteiger partial charge in [-0.1, -0.05) is 0 Å². The number of fused-ring (bicyclic) bond motifs is 1. The van der Waals surface area contributed by atoms with E-state index >= 15 is 0 Å². The highest BCUT2D eigenvalue weighted by molar-refractivity contribution is 5.77. The third kappa shape index (κ3) is 1.61. The molecule has 1 aromatic carbocycles. The van der Waals surface area contributed by atoms with Crippen LogP contribution in [0.3, 0.4) is 0 Å². The smallest absolute Gasteiger partial charge is 0.373 e. The molecular weight excluding hydrogens is 206 g/mol. The first kappa shape index (κ1) is 10.2. The van der Waals surface area contributed by atoms with Gasteiger partial charge in [-0.2, -0.15) is 5.26 Å². The summed E-state index contributed by atoms with van der Waals surface area (Å²) in [5.41, 5.74) is 0.870. The molecule has 0 saturated carbocycles. The summed E-state index contributed by atoms with van der Waals surface area (Å²) in [7, 11) is 3.77. The Kier molecular flexibility index (Phi) is 2.33. The third-order valence-electron chi connectivity index (χ3n) is 2.19. The Balaban J connectivity index is 2.73. The predicted molar refractivity (Wildman–Crippen MR) is 59.3 cm³/mol. The fourth-order valence-electron chi connectivity index (χ4n) is 1.34. The van der Waals surface area contributed by atoms with Crippen molar-refractivity contribution >= 4 is 16.8 Å². The van der Waals surface area contributed by atoms with Gasteiger partial charge in [0.25, 0.3) is 0 Å². The molecule has 2 rings (SSSR count). The van der Waals surface area contributed by atoms with E-state index in [-0.39, 0.29) is 5.69 Å². The summed E-state index contributed by atoms with van der Waals surface area (Å²) < 4.78 is 5.01. The molecule has 5 nitrogen and oxygen atoms in total. The molecule has 1 aromatic heterocycles. The van der Waals surface area contributed by atoms with Gasteiger partial charge in [0.2, 0.25) is 5.69 Å². The molecule has 0 saturated heterocycles. The summed E-state index contributed by atoms with van der Waals surface area (Å²) in [5.74, 6) is 0. The van der Waals surface area contributed by atoms with E-state index in [1.165, 1.54) is 0 Å². The summed E-state index contributed by atoms with van der Waals surface area (Å²) in [6.07, 6.45) is 0. The van der Waals surface area contributed by atoms with Gasteiger partial charge in [-0.05, 0) is 12.1 Å². The first-order valence-corrected chi connectivity index (χ1v) is 4.64. The molecule has 0 spiro atoms. The van der Waals surface area contributed by atoms with Crippen LogP contribution in [0, 0.1) is 11.3 Å². The van der Waals surface area contributed by atoms with E-state index in [0.29, 0.717) is 11.1 Å². The number of anilines is 1. The largest absolute Gasteiger partial charge is 0.419 e. The lowest BCUT2D eigenvalue weighted by Gasteiger charge is -2.11. The van der Waals surface area contributed by atoms with Crippen LogP contribution in [0.5, 0.6) is 0 Å². The SMILES string of the molecule is CN(C)c1ccc2nc(C#N)c(=O)oc2c1. The van der Waals surface area contributed by atoms with Crippen LogP contribution < -0.4 is 10.5 Å². The van der Waals surface area contributed by atoms with Crippen molar-refractivity contribution in [2.75, 3.05) is 19.0 Å². The van der Waals surface area contributed by atoms with Crippen LogP contribution in [-0.2, 0) is 0 Å². The molecular formula is C11H9N3O2. The molecule has 0 aliphatic rings. The number of aromatic nitrogens is 1. The molecule has 1 heterocycles. The fourth-order valence-corrected chi connectivity index (χ4v) is 1.34. The Morgan fingerprint density at radius 3 is 2.81 bits per heavy atom. The summed E-state index contributed by atoms with van der Waals surface area (Å²) in [6, 6.07) is 6.97. The van der Waals surface area contributed by atoms with Gasteiger partial charge in [-0.3, -0.25) is 0 Å². The highest BCUT2D eigenvalue weighted by Gasteiger charge is 2.07. The Morgan fingerprint density at radius 1 is 1.44 bits per heavy atom. The van der Waals surface area contributed by atoms with Crippen molar-refractivity contribution in [2.24, 2.45) is 0 Å². The van der Waals surface area contributed by atoms with Crippen molar-refractivity contribution < 1.29 is 4.42 Å². The number of rotatable bonds is 1. The van der Waals surface area contributed by atoms with E-state index in [4.69, 9.17) is 9.68 Å². The van der Waals surface area contributed by atoms with E-state index in [1.807, 2.05) is 25.1 Å². The van der Waals surface area contributed by atoms with Crippen molar-refractivity contribution in [2.45, 2.75) is 0 Å². The molecule has 2 aromatic rings. The summed E-state index contributed by atoms with van der Waals surface area (Å²) in [5, 5.41) is 8.64. The quantitative estimate of drug-likeness (QED) is 0.713. The van der Waals surface area contributed by atoms with Crippen LogP contribution in [-0.4, -0.2) is 19.1 Å². The topological polar surface area (TPSA) is 70.1 Å². The molecule has 0 aliphatic heterocycles. The maximum atomic E-state index is 11.3. The van der Waals surface area contributed by atoms with E-state index in [1.54, 1.807) is 18.2 Å². The summed E-state index contributed by atoms with van der Waals surface area (Å²) in [6.45, 7) is 0. The summed E-state index contributed by atoms with van der Waals surface area (Å²) >= 11 is 0. The molecule has 80 valence electrons. The zero-order valence-corrected chi connectivity index (χ0v) is 8.89. The minimum atomic E-state index is -0.703. The molecule has 0 aliphatic carbocycles.